The number of hydrogen-bond donors (Lipinski definition) is 0. The molecule has 3 aromatic rings. The molecule has 26 heavy (non-hydrogen) atoms. The average Bonchev–Trinajstić information content (AvgIpc) is 2.55. The molecule has 0 aliphatic heterocycles. The minimum absolute atomic E-state index is 0.372. The highest BCUT2D eigenvalue weighted by atomic mass is 79.9. The first-order valence-corrected chi connectivity index (χ1v) is 9.67. The summed E-state index contributed by atoms with van der Waals surface area (Å²) in [4.78, 5) is 0. The van der Waals surface area contributed by atoms with Gasteiger partial charge in [-0.15, -0.1) is 0 Å². The van der Waals surface area contributed by atoms with E-state index in [-0.39, 0.29) is 0 Å². The normalized spacial score (nSPS) is 11.1. The van der Waals surface area contributed by atoms with Gasteiger partial charge in [0, 0.05) is 19.0 Å². The van der Waals surface area contributed by atoms with Crippen molar-refractivity contribution in [2.75, 3.05) is 0 Å². The first kappa shape index (κ1) is 19.6. The maximum absolute atomic E-state index is 13.7. The van der Waals surface area contributed by atoms with Gasteiger partial charge in [-0.25, -0.2) is 17.6 Å². The number of rotatable bonds is 2. The summed E-state index contributed by atoms with van der Waals surface area (Å²) in [7, 11) is 0. The van der Waals surface area contributed by atoms with E-state index in [9.17, 15) is 17.6 Å². The van der Waals surface area contributed by atoms with Gasteiger partial charge in [0.25, 0.3) is 0 Å². The molecule has 0 unspecified atom stereocenters. The smallest absolute Gasteiger partial charge is 0.159 e. The Kier molecular flexibility index (Phi) is 5.61. The van der Waals surface area contributed by atoms with E-state index in [1.165, 1.54) is 0 Å². The van der Waals surface area contributed by atoms with E-state index in [1.54, 1.807) is 12.1 Å². The lowest BCUT2D eigenvalue weighted by molar-refractivity contribution is 0.508. The zero-order chi connectivity index (χ0) is 19.2. The number of aryl methyl sites for hydroxylation is 1. The minimum atomic E-state index is -0.980. The summed E-state index contributed by atoms with van der Waals surface area (Å²) in [6.07, 6.45) is 0. The summed E-state index contributed by atoms with van der Waals surface area (Å²) in [5, 5.41) is 0. The zero-order valence-corrected chi connectivity index (χ0v) is 17.9. The van der Waals surface area contributed by atoms with Crippen molar-refractivity contribution in [3.05, 3.63) is 78.6 Å². The summed E-state index contributed by atoms with van der Waals surface area (Å²) >= 11 is 9.92. The Bertz CT molecular complexity index is 953. The monoisotopic (exact) mass is 550 g/mol. The van der Waals surface area contributed by atoms with Gasteiger partial charge in [0.1, 0.15) is 0 Å². The van der Waals surface area contributed by atoms with Crippen LogP contribution in [-0.2, 0) is 0 Å². The Morgan fingerprint density at radius 2 is 0.846 bits per heavy atom. The lowest BCUT2D eigenvalue weighted by Crippen LogP contribution is -1.94. The molecule has 0 heterocycles. The molecule has 0 saturated heterocycles. The maximum atomic E-state index is 13.7. The van der Waals surface area contributed by atoms with Crippen LogP contribution in [0, 0.1) is 30.2 Å². The van der Waals surface area contributed by atoms with E-state index in [0.29, 0.717) is 35.7 Å². The second-order valence-electron chi connectivity index (χ2n) is 5.64. The van der Waals surface area contributed by atoms with Gasteiger partial charge >= 0.3 is 0 Å². The highest BCUT2D eigenvalue weighted by Gasteiger charge is 2.17. The maximum Gasteiger partial charge on any atom is 0.159 e. The summed E-state index contributed by atoms with van der Waals surface area (Å²) in [6.45, 7) is 1.82. The van der Waals surface area contributed by atoms with Gasteiger partial charge < -0.3 is 0 Å². The SMILES string of the molecule is Cc1cc(Br)c(-c2cc(F)c(F)cc2Br)cc1-c1cc(F)c(F)cc1Br. The fourth-order valence-electron chi connectivity index (χ4n) is 2.63. The first-order chi connectivity index (χ1) is 12.2. The molecule has 0 N–H and O–H groups in total. The lowest BCUT2D eigenvalue weighted by atomic mass is 9.95. The van der Waals surface area contributed by atoms with Gasteiger partial charge in [-0.1, -0.05) is 47.8 Å². The summed E-state index contributed by atoms with van der Waals surface area (Å²) in [5.41, 5.74) is 2.88. The van der Waals surface area contributed by atoms with Crippen LogP contribution in [0.5, 0.6) is 0 Å². The predicted molar refractivity (Wildman–Crippen MR) is 105 cm³/mol. The van der Waals surface area contributed by atoms with Crippen LogP contribution in [-0.4, -0.2) is 0 Å². The molecule has 0 aliphatic carbocycles. The van der Waals surface area contributed by atoms with Crippen LogP contribution in [0.2, 0.25) is 0 Å². The van der Waals surface area contributed by atoms with E-state index >= 15 is 0 Å². The van der Waals surface area contributed by atoms with E-state index in [2.05, 4.69) is 47.8 Å². The molecule has 0 radical (unpaired) electrons. The van der Waals surface area contributed by atoms with E-state index in [1.807, 2.05) is 6.92 Å². The molecule has 0 saturated carbocycles. The Balaban J connectivity index is 2.27. The fourth-order valence-corrected chi connectivity index (χ4v) is 4.36. The molecule has 0 amide bonds. The van der Waals surface area contributed by atoms with Gasteiger partial charge in [-0.3, -0.25) is 0 Å². The van der Waals surface area contributed by atoms with Crippen molar-refractivity contribution in [1.82, 2.24) is 0 Å². The predicted octanol–water partition coefficient (Wildman–Crippen LogP) is 8.17. The van der Waals surface area contributed by atoms with Crippen molar-refractivity contribution in [1.29, 1.82) is 0 Å². The number of benzene rings is 3. The standard InChI is InChI=1S/C19H9Br3F4/c1-8-2-13(20)10(12-5-17(24)19(26)7-15(12)22)3-9(8)11-4-16(23)18(25)6-14(11)21/h2-7H,1H3. The van der Waals surface area contributed by atoms with Crippen molar-refractivity contribution >= 4 is 47.8 Å². The van der Waals surface area contributed by atoms with E-state index in [0.717, 1.165) is 29.8 Å². The van der Waals surface area contributed by atoms with E-state index in [4.69, 9.17) is 0 Å². The molecule has 0 bridgehead atoms. The van der Waals surface area contributed by atoms with Gasteiger partial charge in [-0.05, 0) is 65.6 Å². The second kappa shape index (κ2) is 7.44. The average molecular weight is 553 g/mol. The molecule has 0 atom stereocenters. The number of halogens is 7. The Morgan fingerprint density at radius 1 is 0.500 bits per heavy atom. The quantitative estimate of drug-likeness (QED) is 0.222. The summed E-state index contributed by atoms with van der Waals surface area (Å²) < 4.78 is 55.7. The van der Waals surface area contributed by atoms with Gasteiger partial charge in [0.15, 0.2) is 23.3 Å². The lowest BCUT2D eigenvalue weighted by Gasteiger charge is -2.15. The van der Waals surface area contributed by atoms with E-state index < -0.39 is 23.3 Å². The van der Waals surface area contributed by atoms with Gasteiger partial charge in [0.2, 0.25) is 0 Å². The van der Waals surface area contributed by atoms with Crippen LogP contribution >= 0.6 is 47.8 Å². The summed E-state index contributed by atoms with van der Waals surface area (Å²) in [5.74, 6) is -3.88. The largest absolute Gasteiger partial charge is 0.204 e. The topological polar surface area (TPSA) is 0 Å². The van der Waals surface area contributed by atoms with Crippen molar-refractivity contribution in [3.8, 4) is 22.3 Å². The van der Waals surface area contributed by atoms with Crippen molar-refractivity contribution in [2.45, 2.75) is 6.92 Å². The molecule has 0 aromatic heterocycles. The first-order valence-electron chi connectivity index (χ1n) is 7.29. The van der Waals surface area contributed by atoms with Crippen LogP contribution < -0.4 is 0 Å². The second-order valence-corrected chi connectivity index (χ2v) is 8.20. The van der Waals surface area contributed by atoms with Crippen LogP contribution in [0.25, 0.3) is 22.3 Å². The van der Waals surface area contributed by atoms with Crippen LogP contribution in [0.15, 0.2) is 49.8 Å². The molecular formula is C19H9Br3F4. The van der Waals surface area contributed by atoms with Crippen LogP contribution in [0.1, 0.15) is 5.56 Å². The third kappa shape index (κ3) is 3.62. The molecule has 0 aliphatic rings. The highest BCUT2D eigenvalue weighted by molar-refractivity contribution is 9.11. The van der Waals surface area contributed by atoms with Crippen molar-refractivity contribution < 1.29 is 17.6 Å². The molecule has 0 spiro atoms. The minimum Gasteiger partial charge on any atom is -0.204 e. The number of hydrogen-bond acceptors (Lipinski definition) is 0. The zero-order valence-electron chi connectivity index (χ0n) is 13.1. The fraction of sp³-hybridized carbons (Fsp3) is 0.0526. The van der Waals surface area contributed by atoms with Crippen LogP contribution in [0.3, 0.4) is 0 Å². The van der Waals surface area contributed by atoms with Crippen molar-refractivity contribution in [3.63, 3.8) is 0 Å². The van der Waals surface area contributed by atoms with Gasteiger partial charge in [0.05, 0.1) is 0 Å². The summed E-state index contributed by atoms with van der Waals surface area (Å²) in [6, 6.07) is 7.78. The highest BCUT2D eigenvalue weighted by Crippen LogP contribution is 2.41. The third-order valence-corrected chi connectivity index (χ3v) is 5.88. The van der Waals surface area contributed by atoms with Crippen molar-refractivity contribution in [2.24, 2.45) is 0 Å². The molecule has 3 aromatic carbocycles. The Morgan fingerprint density at radius 3 is 1.35 bits per heavy atom. The Labute approximate surface area is 172 Å². The molecule has 7 heteroatoms. The van der Waals surface area contributed by atoms with Crippen LogP contribution in [0.4, 0.5) is 17.6 Å². The third-order valence-electron chi connectivity index (χ3n) is 3.91. The molecule has 0 nitrogen and oxygen atoms in total. The molecular weight excluding hydrogens is 544 g/mol. The molecule has 3 rings (SSSR count). The molecule has 134 valence electrons. The molecule has 0 fully saturated rings. The van der Waals surface area contributed by atoms with Gasteiger partial charge in [-0.2, -0.15) is 0 Å². The Hall–Kier alpha value is -1.18.